The van der Waals surface area contributed by atoms with Crippen molar-refractivity contribution in [2.75, 3.05) is 47.5 Å². The molecule has 0 radical (unpaired) electrons. The van der Waals surface area contributed by atoms with Gasteiger partial charge in [-0.1, -0.05) is 211 Å². The molecule has 0 N–H and O–H groups in total. The predicted molar refractivity (Wildman–Crippen MR) is 315 cm³/mol. The number of carboxylic acids is 1. The van der Waals surface area contributed by atoms with Crippen molar-refractivity contribution < 1.29 is 42.9 Å². The fraction of sp³-hybridized carbons (Fsp3) is 0.591. The van der Waals surface area contributed by atoms with Gasteiger partial charge in [-0.05, 0) is 116 Å². The van der Waals surface area contributed by atoms with E-state index in [-0.39, 0.29) is 32.7 Å². The first kappa shape index (κ1) is 70.2. The molecule has 0 aromatic carbocycles. The third-order valence-corrected chi connectivity index (χ3v) is 11.6. The number of ether oxygens (including phenoxy) is 4. The van der Waals surface area contributed by atoms with Gasteiger partial charge in [0.1, 0.15) is 13.2 Å². The summed E-state index contributed by atoms with van der Waals surface area (Å²) in [4.78, 5) is 37.3. The van der Waals surface area contributed by atoms with Gasteiger partial charge in [0.15, 0.2) is 12.4 Å². The van der Waals surface area contributed by atoms with Gasteiger partial charge in [0.05, 0.1) is 40.3 Å². The largest absolute Gasteiger partial charge is 0.545 e. The summed E-state index contributed by atoms with van der Waals surface area (Å²) in [5.74, 6) is -2.37. The van der Waals surface area contributed by atoms with Crippen LogP contribution < -0.4 is 5.11 Å². The number of aliphatic carboxylic acids is 1. The van der Waals surface area contributed by atoms with Crippen LogP contribution in [0.25, 0.3) is 0 Å². The monoisotopic (exact) mass is 1040 g/mol. The molecule has 0 aromatic heterocycles. The van der Waals surface area contributed by atoms with Gasteiger partial charge >= 0.3 is 11.9 Å². The number of quaternary nitrogens is 1. The quantitative estimate of drug-likeness (QED) is 0.0195. The maximum absolute atomic E-state index is 12.9. The van der Waals surface area contributed by atoms with Gasteiger partial charge in [-0.3, -0.25) is 9.59 Å². The number of allylic oxidation sites excluding steroid dienone is 24. The van der Waals surface area contributed by atoms with Crippen LogP contribution in [0.5, 0.6) is 0 Å². The van der Waals surface area contributed by atoms with Crippen LogP contribution in [0, 0.1) is 0 Å². The number of carbonyl (C=O) groups is 3. The third-order valence-electron chi connectivity index (χ3n) is 11.6. The maximum Gasteiger partial charge on any atom is 0.306 e. The second kappa shape index (κ2) is 55.4. The molecule has 9 heteroatoms. The van der Waals surface area contributed by atoms with E-state index >= 15 is 0 Å². The minimum Gasteiger partial charge on any atom is -0.545 e. The molecule has 0 heterocycles. The molecule has 0 saturated carbocycles. The zero-order valence-corrected chi connectivity index (χ0v) is 47.9. The van der Waals surface area contributed by atoms with Gasteiger partial charge in [0, 0.05) is 12.8 Å². The molecule has 2 atom stereocenters. The summed E-state index contributed by atoms with van der Waals surface area (Å²) in [7, 11) is 5.89. The van der Waals surface area contributed by atoms with Gasteiger partial charge in [0.2, 0.25) is 0 Å². The van der Waals surface area contributed by atoms with Crippen LogP contribution in [0.1, 0.15) is 194 Å². The number of nitrogens with zero attached hydrogens (tertiary/aromatic N) is 1. The standard InChI is InChI=1S/C66H105NO8/c1-6-8-10-12-14-16-18-20-22-24-26-28-29-30-31-32-33-34-35-37-39-41-43-45-47-49-51-53-55-57-64(69)75-62(61-74-66(65(70)71)72-59-58-67(3,4)5)60-73-63(68)56-54-52-50-48-46-44-42-40-38-36-27-25-23-21-19-17-15-13-11-9-7-2/h8-11,14-17,20-23,26-28,30-31,33-34,36,40,42,46,48,62,66H,6-7,12-13,18-19,24-25,29,32,35,37-39,41,43-45,47,49-61H2,1-5H3/b10-8-,11-9-,16-14-,17-15-,22-20-,23-21-,28-26-,31-30-,34-33-,36-27-,42-40-,48-46-. The lowest BCUT2D eigenvalue weighted by Gasteiger charge is -2.26. The molecule has 2 unspecified atom stereocenters. The zero-order chi connectivity index (χ0) is 54.8. The first-order valence-electron chi connectivity index (χ1n) is 29.0. The van der Waals surface area contributed by atoms with Gasteiger partial charge in [0.25, 0.3) is 0 Å². The molecular formula is C66H105NO8. The molecule has 0 aliphatic carbocycles. The smallest absolute Gasteiger partial charge is 0.306 e. The van der Waals surface area contributed by atoms with Crippen molar-refractivity contribution >= 4 is 17.9 Å². The van der Waals surface area contributed by atoms with E-state index in [4.69, 9.17) is 18.9 Å². The molecule has 0 bridgehead atoms. The van der Waals surface area contributed by atoms with Crippen molar-refractivity contribution in [3.8, 4) is 0 Å². The Hall–Kier alpha value is -4.83. The molecule has 9 nitrogen and oxygen atoms in total. The molecule has 0 spiro atoms. The van der Waals surface area contributed by atoms with Gasteiger partial charge < -0.3 is 33.3 Å². The Morgan fingerprint density at radius 3 is 1.09 bits per heavy atom. The molecule has 0 aromatic rings. The highest BCUT2D eigenvalue weighted by Gasteiger charge is 2.22. The van der Waals surface area contributed by atoms with Crippen LogP contribution in [0.4, 0.5) is 0 Å². The number of hydrogen-bond acceptors (Lipinski definition) is 8. The van der Waals surface area contributed by atoms with Crippen molar-refractivity contribution in [3.05, 3.63) is 146 Å². The molecule has 0 rings (SSSR count). The van der Waals surface area contributed by atoms with Crippen molar-refractivity contribution in [3.63, 3.8) is 0 Å². The van der Waals surface area contributed by atoms with Gasteiger partial charge in [-0.2, -0.15) is 0 Å². The van der Waals surface area contributed by atoms with Crippen LogP contribution in [0.15, 0.2) is 146 Å². The molecule has 0 aliphatic rings. The van der Waals surface area contributed by atoms with Gasteiger partial charge in [-0.15, -0.1) is 0 Å². The average Bonchev–Trinajstić information content (AvgIpc) is 3.38. The number of carboxylic acid groups (broad SMARTS) is 1. The lowest BCUT2D eigenvalue weighted by Crippen LogP contribution is -2.44. The highest BCUT2D eigenvalue weighted by molar-refractivity contribution is 5.70. The number of rotatable bonds is 51. The molecule has 0 fully saturated rings. The topological polar surface area (TPSA) is 111 Å². The summed E-state index contributed by atoms with van der Waals surface area (Å²) in [5, 5.41) is 11.8. The Bertz CT molecular complexity index is 1730. The third kappa shape index (κ3) is 56.7. The highest BCUT2D eigenvalue weighted by Crippen LogP contribution is 2.14. The van der Waals surface area contributed by atoms with E-state index in [0.29, 0.717) is 23.9 Å². The first-order valence-corrected chi connectivity index (χ1v) is 29.0. The van der Waals surface area contributed by atoms with E-state index in [1.165, 1.54) is 38.5 Å². The predicted octanol–water partition coefficient (Wildman–Crippen LogP) is 15.9. The minimum atomic E-state index is -1.64. The van der Waals surface area contributed by atoms with Crippen molar-refractivity contribution in [2.24, 2.45) is 0 Å². The summed E-state index contributed by atoms with van der Waals surface area (Å²) in [6.45, 7) is 4.44. The van der Waals surface area contributed by atoms with Crippen molar-refractivity contribution in [1.82, 2.24) is 0 Å². The number of likely N-dealkylation sites (N-methyl/N-ethyl adjacent to an activating group) is 1. The summed E-state index contributed by atoms with van der Waals surface area (Å²) >= 11 is 0. The Balaban J connectivity index is 4.36. The first-order chi connectivity index (χ1) is 36.6. The summed E-state index contributed by atoms with van der Waals surface area (Å²) in [6, 6.07) is 0. The normalized spacial score (nSPS) is 13.9. The average molecular weight is 1040 g/mol. The summed E-state index contributed by atoms with van der Waals surface area (Å²) in [6.07, 6.45) is 77.5. The van der Waals surface area contributed by atoms with Gasteiger partial charge in [-0.25, -0.2) is 0 Å². The van der Waals surface area contributed by atoms with E-state index in [1.807, 2.05) is 21.1 Å². The Morgan fingerprint density at radius 2 is 0.720 bits per heavy atom. The fourth-order valence-electron chi connectivity index (χ4n) is 7.19. The van der Waals surface area contributed by atoms with Crippen LogP contribution in [0.2, 0.25) is 0 Å². The van der Waals surface area contributed by atoms with Crippen LogP contribution in [-0.4, -0.2) is 82.3 Å². The lowest BCUT2D eigenvalue weighted by atomic mass is 10.0. The Morgan fingerprint density at radius 1 is 0.400 bits per heavy atom. The van der Waals surface area contributed by atoms with Crippen LogP contribution in [-0.2, 0) is 33.3 Å². The maximum atomic E-state index is 12.9. The lowest BCUT2D eigenvalue weighted by molar-refractivity contribution is -0.870. The second-order valence-corrected chi connectivity index (χ2v) is 19.8. The highest BCUT2D eigenvalue weighted by atomic mass is 16.7. The van der Waals surface area contributed by atoms with Crippen LogP contribution in [0.3, 0.4) is 0 Å². The minimum absolute atomic E-state index is 0.131. The van der Waals surface area contributed by atoms with E-state index in [9.17, 15) is 19.5 Å². The molecule has 422 valence electrons. The molecule has 0 saturated heterocycles. The summed E-state index contributed by atoms with van der Waals surface area (Å²) < 4.78 is 22.6. The molecule has 0 amide bonds. The number of hydrogen-bond donors (Lipinski definition) is 0. The second-order valence-electron chi connectivity index (χ2n) is 19.8. The SMILES string of the molecule is CC/C=C\C/C=C\C/C=C\C/C=C\C/C=C\C/C=C\CCCCCCCCCCCCC(=O)OC(COC(=O)CCCC/C=C\C/C=C\C/C=C\C/C=C\C/C=C\C/C=C\CC)COC(OCC[N+](C)(C)C)C(=O)[O-]. The summed E-state index contributed by atoms with van der Waals surface area (Å²) in [5.41, 5.74) is 0. The van der Waals surface area contributed by atoms with E-state index in [0.717, 1.165) is 116 Å². The number of esters is 2. The Labute approximate surface area is 458 Å². The number of unbranched alkanes of at least 4 members (excludes halogenated alkanes) is 12. The fourth-order valence-corrected chi connectivity index (χ4v) is 7.19. The van der Waals surface area contributed by atoms with E-state index in [1.54, 1.807) is 0 Å². The molecule has 75 heavy (non-hydrogen) atoms. The zero-order valence-electron chi connectivity index (χ0n) is 47.9. The van der Waals surface area contributed by atoms with E-state index < -0.39 is 30.3 Å². The van der Waals surface area contributed by atoms with Crippen LogP contribution >= 0.6 is 0 Å². The van der Waals surface area contributed by atoms with E-state index in [2.05, 4.69) is 160 Å². The Kier molecular flexibility index (Phi) is 51.8. The van der Waals surface area contributed by atoms with Crippen molar-refractivity contribution in [1.29, 1.82) is 0 Å². The molecule has 0 aliphatic heterocycles. The number of carbonyl (C=O) groups excluding carboxylic acids is 3. The molecular weight excluding hydrogens is 935 g/mol. The van der Waals surface area contributed by atoms with Crippen molar-refractivity contribution in [2.45, 2.75) is 206 Å².